The maximum Gasteiger partial charge on any atom is 0.337 e. The van der Waals surface area contributed by atoms with E-state index in [1.807, 2.05) is 29.7 Å². The Morgan fingerprint density at radius 2 is 2.04 bits per heavy atom. The van der Waals surface area contributed by atoms with Gasteiger partial charge in [0.15, 0.2) is 16.3 Å². The number of para-hydroxylation sites is 2. The van der Waals surface area contributed by atoms with Crippen molar-refractivity contribution in [3.05, 3.63) is 52.8 Å². The number of carbonyl (C=O) groups is 2. The molecule has 1 atom stereocenters. The van der Waals surface area contributed by atoms with Crippen molar-refractivity contribution in [2.24, 2.45) is 4.99 Å². The molecule has 3 aromatic rings. The molecule has 2 heterocycles. The second-order valence-corrected chi connectivity index (χ2v) is 7.13. The number of aryl methyl sites for hydroxylation is 1. The van der Waals surface area contributed by atoms with Gasteiger partial charge in [-0.3, -0.25) is 4.79 Å². The number of amides is 1. The van der Waals surface area contributed by atoms with Crippen LogP contribution in [0.4, 0.5) is 0 Å². The Labute approximate surface area is 164 Å². The van der Waals surface area contributed by atoms with Gasteiger partial charge >= 0.3 is 5.97 Å². The molecule has 7 nitrogen and oxygen atoms in total. The van der Waals surface area contributed by atoms with Gasteiger partial charge < -0.3 is 18.8 Å². The Morgan fingerprint density at radius 1 is 1.25 bits per heavy atom. The van der Waals surface area contributed by atoms with E-state index in [1.165, 1.54) is 18.4 Å². The van der Waals surface area contributed by atoms with E-state index in [9.17, 15) is 9.59 Å². The molecule has 0 unspecified atom stereocenters. The SMILES string of the molecule is CCn1c(=NC(=O)[C@@H]2COc3ccccc3O2)sc2cc(C(=O)OC)ccc21. The minimum absolute atomic E-state index is 0.114. The van der Waals surface area contributed by atoms with Gasteiger partial charge in [0, 0.05) is 6.54 Å². The number of aromatic nitrogens is 1. The number of benzene rings is 2. The first-order valence-corrected chi connectivity index (χ1v) is 9.61. The zero-order valence-electron chi connectivity index (χ0n) is 15.4. The van der Waals surface area contributed by atoms with Crippen molar-refractivity contribution in [2.45, 2.75) is 19.6 Å². The second kappa shape index (κ2) is 7.47. The maximum absolute atomic E-state index is 12.7. The fourth-order valence-corrected chi connectivity index (χ4v) is 4.16. The first-order valence-electron chi connectivity index (χ1n) is 8.79. The molecule has 0 spiro atoms. The minimum atomic E-state index is -0.795. The Balaban J connectivity index is 1.68. The van der Waals surface area contributed by atoms with Crippen LogP contribution >= 0.6 is 11.3 Å². The van der Waals surface area contributed by atoms with Gasteiger partial charge in [0.25, 0.3) is 5.91 Å². The summed E-state index contributed by atoms with van der Waals surface area (Å²) in [6, 6.07) is 12.5. The summed E-state index contributed by atoms with van der Waals surface area (Å²) in [5, 5.41) is 0. The summed E-state index contributed by atoms with van der Waals surface area (Å²) >= 11 is 1.34. The van der Waals surface area contributed by atoms with Gasteiger partial charge in [0.05, 0.1) is 22.9 Å². The fourth-order valence-electron chi connectivity index (χ4n) is 3.02. The van der Waals surface area contributed by atoms with Gasteiger partial charge in [-0.15, -0.1) is 0 Å². The van der Waals surface area contributed by atoms with Crippen LogP contribution in [0, 0.1) is 0 Å². The average molecular weight is 398 g/mol. The molecule has 0 aliphatic carbocycles. The van der Waals surface area contributed by atoms with Gasteiger partial charge in [0.1, 0.15) is 6.61 Å². The highest BCUT2D eigenvalue weighted by Crippen LogP contribution is 2.31. The lowest BCUT2D eigenvalue weighted by atomic mass is 10.2. The number of carbonyl (C=O) groups excluding carboxylic acids is 2. The van der Waals surface area contributed by atoms with Gasteiger partial charge in [-0.05, 0) is 37.3 Å². The molecule has 1 amide bonds. The monoisotopic (exact) mass is 398 g/mol. The van der Waals surface area contributed by atoms with Crippen molar-refractivity contribution < 1.29 is 23.8 Å². The Kier molecular flexibility index (Phi) is 4.87. The molecular formula is C20H18N2O5S. The third-order valence-electron chi connectivity index (χ3n) is 4.41. The summed E-state index contributed by atoms with van der Waals surface area (Å²) < 4.78 is 18.9. The predicted molar refractivity (Wildman–Crippen MR) is 104 cm³/mol. The van der Waals surface area contributed by atoms with Crippen molar-refractivity contribution in [2.75, 3.05) is 13.7 Å². The zero-order chi connectivity index (χ0) is 19.7. The highest BCUT2D eigenvalue weighted by Gasteiger charge is 2.27. The summed E-state index contributed by atoms with van der Waals surface area (Å²) in [7, 11) is 1.34. The maximum atomic E-state index is 12.7. The van der Waals surface area contributed by atoms with Gasteiger partial charge in [-0.2, -0.15) is 4.99 Å². The number of esters is 1. The predicted octanol–water partition coefficient (Wildman–Crippen LogP) is 2.78. The molecule has 0 radical (unpaired) electrons. The molecule has 1 aliphatic heterocycles. The van der Waals surface area contributed by atoms with Crippen LogP contribution < -0.4 is 14.3 Å². The van der Waals surface area contributed by atoms with E-state index in [0.717, 1.165) is 10.2 Å². The van der Waals surface area contributed by atoms with E-state index in [1.54, 1.807) is 24.3 Å². The van der Waals surface area contributed by atoms with Gasteiger partial charge in [-0.25, -0.2) is 4.79 Å². The Bertz CT molecular complexity index is 1130. The lowest BCUT2D eigenvalue weighted by molar-refractivity contribution is -0.127. The quantitative estimate of drug-likeness (QED) is 0.634. The lowest BCUT2D eigenvalue weighted by Gasteiger charge is -2.23. The topological polar surface area (TPSA) is 79.1 Å². The van der Waals surface area contributed by atoms with E-state index in [4.69, 9.17) is 14.2 Å². The molecular weight excluding hydrogens is 380 g/mol. The summed E-state index contributed by atoms with van der Waals surface area (Å²) in [6.07, 6.45) is -0.795. The molecule has 4 rings (SSSR count). The molecule has 1 aromatic heterocycles. The van der Waals surface area contributed by atoms with E-state index < -0.39 is 18.0 Å². The van der Waals surface area contributed by atoms with Crippen LogP contribution in [0.5, 0.6) is 11.5 Å². The molecule has 0 N–H and O–H groups in total. The van der Waals surface area contributed by atoms with Crippen LogP contribution in [0.25, 0.3) is 10.2 Å². The number of fused-ring (bicyclic) bond motifs is 2. The smallest absolute Gasteiger partial charge is 0.337 e. The number of ether oxygens (including phenoxy) is 3. The van der Waals surface area contributed by atoms with Crippen LogP contribution in [0.1, 0.15) is 17.3 Å². The summed E-state index contributed by atoms with van der Waals surface area (Å²) in [5.41, 5.74) is 1.36. The number of nitrogens with zero attached hydrogens (tertiary/aromatic N) is 2. The molecule has 8 heteroatoms. The molecule has 0 saturated heterocycles. The average Bonchev–Trinajstić information content (AvgIpc) is 3.08. The lowest BCUT2D eigenvalue weighted by Crippen LogP contribution is -2.36. The number of hydrogen-bond acceptors (Lipinski definition) is 6. The molecule has 144 valence electrons. The normalized spacial score (nSPS) is 16.2. The second-order valence-electron chi connectivity index (χ2n) is 6.12. The number of thiazole rings is 1. The van der Waals surface area contributed by atoms with Crippen LogP contribution in [0.15, 0.2) is 47.5 Å². The largest absolute Gasteiger partial charge is 0.485 e. The standard InChI is InChI=1S/C20H18N2O5S/c1-3-22-13-9-8-12(19(24)25-2)10-17(13)28-20(22)21-18(23)16-11-26-14-6-4-5-7-15(14)27-16/h4-10,16H,3,11H2,1-2H3/t16-/m0/s1. The number of rotatable bonds is 3. The van der Waals surface area contributed by atoms with Crippen molar-refractivity contribution in [3.8, 4) is 11.5 Å². The number of hydrogen-bond donors (Lipinski definition) is 0. The van der Waals surface area contributed by atoms with Crippen LogP contribution in [-0.2, 0) is 16.1 Å². The first kappa shape index (κ1) is 18.2. The van der Waals surface area contributed by atoms with Crippen molar-refractivity contribution in [3.63, 3.8) is 0 Å². The van der Waals surface area contributed by atoms with Gasteiger partial charge in [-0.1, -0.05) is 23.5 Å². The van der Waals surface area contributed by atoms with Crippen LogP contribution in [-0.4, -0.2) is 36.3 Å². The molecule has 0 fully saturated rings. The minimum Gasteiger partial charge on any atom is -0.485 e. The molecule has 1 aliphatic rings. The molecule has 0 saturated carbocycles. The third-order valence-corrected chi connectivity index (χ3v) is 5.45. The van der Waals surface area contributed by atoms with Crippen molar-refractivity contribution >= 4 is 33.4 Å². The van der Waals surface area contributed by atoms with E-state index in [0.29, 0.717) is 28.4 Å². The van der Waals surface area contributed by atoms with E-state index in [-0.39, 0.29) is 6.61 Å². The molecule has 2 aromatic carbocycles. The highest BCUT2D eigenvalue weighted by atomic mass is 32.1. The molecule has 0 bridgehead atoms. The first-order chi connectivity index (χ1) is 13.6. The summed E-state index contributed by atoms with van der Waals surface area (Å²) in [6.45, 7) is 2.72. The van der Waals surface area contributed by atoms with Crippen LogP contribution in [0.3, 0.4) is 0 Å². The fraction of sp³-hybridized carbons (Fsp3) is 0.250. The zero-order valence-corrected chi connectivity index (χ0v) is 16.2. The Morgan fingerprint density at radius 3 is 2.79 bits per heavy atom. The third kappa shape index (κ3) is 3.27. The summed E-state index contributed by atoms with van der Waals surface area (Å²) in [4.78, 5) is 29.3. The Hall–Kier alpha value is -3.13. The molecule has 28 heavy (non-hydrogen) atoms. The van der Waals surface area contributed by atoms with Crippen LogP contribution in [0.2, 0.25) is 0 Å². The highest BCUT2D eigenvalue weighted by molar-refractivity contribution is 7.16. The van der Waals surface area contributed by atoms with E-state index >= 15 is 0 Å². The van der Waals surface area contributed by atoms with Crippen molar-refractivity contribution in [1.82, 2.24) is 4.57 Å². The van der Waals surface area contributed by atoms with Gasteiger partial charge in [0.2, 0.25) is 6.10 Å². The summed E-state index contributed by atoms with van der Waals surface area (Å²) in [5.74, 6) is 0.341. The number of methoxy groups -OCH3 is 1. The van der Waals surface area contributed by atoms with E-state index in [2.05, 4.69) is 4.99 Å². The van der Waals surface area contributed by atoms with Crippen molar-refractivity contribution in [1.29, 1.82) is 0 Å².